The van der Waals surface area contributed by atoms with E-state index in [4.69, 9.17) is 15.2 Å². The summed E-state index contributed by atoms with van der Waals surface area (Å²) in [6, 6.07) is 15.4. The molecule has 2 rings (SSSR count). The third-order valence-corrected chi connectivity index (χ3v) is 3.01. The highest BCUT2D eigenvalue weighted by Crippen LogP contribution is 2.14. The van der Waals surface area contributed by atoms with E-state index in [1.807, 2.05) is 42.5 Å². The minimum Gasteiger partial charge on any atom is -0.491 e. The van der Waals surface area contributed by atoms with Crippen LogP contribution < -0.4 is 10.5 Å². The molecule has 0 fully saturated rings. The molecule has 0 aliphatic rings. The third kappa shape index (κ3) is 4.93. The molecule has 0 amide bonds. The molecule has 0 atom stereocenters. The van der Waals surface area contributed by atoms with Gasteiger partial charge in [-0.3, -0.25) is 0 Å². The van der Waals surface area contributed by atoms with E-state index >= 15 is 0 Å². The van der Waals surface area contributed by atoms with Gasteiger partial charge in [0, 0.05) is 16.2 Å². The lowest BCUT2D eigenvalue weighted by atomic mass is 10.2. The van der Waals surface area contributed by atoms with E-state index in [2.05, 4.69) is 15.9 Å². The molecule has 0 radical (unpaired) electrons. The summed E-state index contributed by atoms with van der Waals surface area (Å²) in [7, 11) is 0. The monoisotopic (exact) mass is 321 g/mol. The molecule has 0 heterocycles. The van der Waals surface area contributed by atoms with Crippen LogP contribution in [0.4, 0.5) is 5.69 Å². The Labute approximate surface area is 121 Å². The zero-order chi connectivity index (χ0) is 13.5. The fraction of sp³-hybridized carbons (Fsp3) is 0.200. The molecule has 19 heavy (non-hydrogen) atoms. The van der Waals surface area contributed by atoms with Gasteiger partial charge in [-0.25, -0.2) is 0 Å². The van der Waals surface area contributed by atoms with Gasteiger partial charge in [0.15, 0.2) is 0 Å². The van der Waals surface area contributed by atoms with Crippen molar-refractivity contribution in [3.63, 3.8) is 0 Å². The molecule has 4 heteroatoms. The molecule has 0 saturated heterocycles. The zero-order valence-electron chi connectivity index (χ0n) is 10.5. The number of hydrogen-bond acceptors (Lipinski definition) is 3. The summed E-state index contributed by atoms with van der Waals surface area (Å²) in [6.45, 7) is 1.64. The van der Waals surface area contributed by atoms with Gasteiger partial charge in [0.1, 0.15) is 12.4 Å². The van der Waals surface area contributed by atoms with E-state index in [-0.39, 0.29) is 0 Å². The van der Waals surface area contributed by atoms with Crippen molar-refractivity contribution in [1.82, 2.24) is 0 Å². The van der Waals surface area contributed by atoms with Crippen LogP contribution in [-0.4, -0.2) is 13.2 Å². The second-order valence-electron chi connectivity index (χ2n) is 4.10. The zero-order valence-corrected chi connectivity index (χ0v) is 12.1. The second-order valence-corrected chi connectivity index (χ2v) is 5.02. The van der Waals surface area contributed by atoms with Crippen LogP contribution in [0, 0.1) is 0 Å². The van der Waals surface area contributed by atoms with Crippen molar-refractivity contribution in [3.05, 3.63) is 58.6 Å². The normalized spacial score (nSPS) is 10.4. The fourth-order valence-electron chi connectivity index (χ4n) is 1.64. The van der Waals surface area contributed by atoms with Crippen molar-refractivity contribution in [1.29, 1.82) is 0 Å². The summed E-state index contributed by atoms with van der Waals surface area (Å²) in [5, 5.41) is 0. The molecular weight excluding hydrogens is 306 g/mol. The van der Waals surface area contributed by atoms with Gasteiger partial charge in [-0.1, -0.05) is 34.1 Å². The van der Waals surface area contributed by atoms with E-state index in [1.54, 1.807) is 6.07 Å². The third-order valence-electron chi connectivity index (χ3n) is 2.51. The Kier molecular flexibility index (Phi) is 5.24. The van der Waals surface area contributed by atoms with Crippen LogP contribution in [0.3, 0.4) is 0 Å². The lowest BCUT2D eigenvalue weighted by Crippen LogP contribution is -2.06. The van der Waals surface area contributed by atoms with E-state index in [0.29, 0.717) is 25.5 Å². The van der Waals surface area contributed by atoms with E-state index in [0.717, 1.165) is 15.8 Å². The highest BCUT2D eigenvalue weighted by atomic mass is 79.9. The number of benzene rings is 2. The molecule has 0 aliphatic carbocycles. The van der Waals surface area contributed by atoms with Gasteiger partial charge in [0.25, 0.3) is 0 Å². The number of halogens is 1. The molecule has 0 aromatic heterocycles. The minimum atomic E-state index is 0.511. The Bertz CT molecular complexity index is 484. The standard InChI is InChI=1S/C15H16BrNO2/c16-13-4-1-3-12(9-13)11-18-7-8-19-15-6-2-5-14(17)10-15/h1-6,9-10H,7-8,11,17H2. The molecule has 0 spiro atoms. The number of nitrogens with two attached hydrogens (primary N) is 1. The average Bonchev–Trinajstić information content (AvgIpc) is 2.38. The minimum absolute atomic E-state index is 0.511. The van der Waals surface area contributed by atoms with Gasteiger partial charge in [0.05, 0.1) is 13.2 Å². The SMILES string of the molecule is Nc1cccc(OCCOCc2cccc(Br)c2)c1. The predicted octanol–water partition coefficient (Wildman–Crippen LogP) is 3.63. The van der Waals surface area contributed by atoms with Crippen molar-refractivity contribution in [2.45, 2.75) is 6.61 Å². The van der Waals surface area contributed by atoms with Crippen molar-refractivity contribution in [2.24, 2.45) is 0 Å². The highest BCUT2D eigenvalue weighted by Gasteiger charge is 1.96. The number of nitrogen functional groups attached to an aromatic ring is 1. The summed E-state index contributed by atoms with van der Waals surface area (Å²) >= 11 is 3.43. The Morgan fingerprint density at radius 2 is 1.84 bits per heavy atom. The Balaban J connectivity index is 1.67. The maximum atomic E-state index is 5.66. The van der Waals surface area contributed by atoms with Gasteiger partial charge in [-0.2, -0.15) is 0 Å². The van der Waals surface area contributed by atoms with Crippen molar-refractivity contribution >= 4 is 21.6 Å². The smallest absolute Gasteiger partial charge is 0.121 e. The maximum Gasteiger partial charge on any atom is 0.121 e. The second kappa shape index (κ2) is 7.16. The Morgan fingerprint density at radius 3 is 2.63 bits per heavy atom. The summed E-state index contributed by atoms with van der Waals surface area (Å²) in [6.07, 6.45) is 0. The molecule has 2 aromatic rings. The Morgan fingerprint density at radius 1 is 1.00 bits per heavy atom. The first kappa shape index (κ1) is 13.9. The summed E-state index contributed by atoms with van der Waals surface area (Å²) < 4.78 is 12.1. The fourth-order valence-corrected chi connectivity index (χ4v) is 2.09. The van der Waals surface area contributed by atoms with Crippen molar-refractivity contribution in [2.75, 3.05) is 18.9 Å². The van der Waals surface area contributed by atoms with Gasteiger partial charge in [-0.05, 0) is 29.8 Å². The molecular formula is C15H16BrNO2. The molecule has 0 saturated carbocycles. The van der Waals surface area contributed by atoms with E-state index < -0.39 is 0 Å². The van der Waals surface area contributed by atoms with Crippen LogP contribution in [0.25, 0.3) is 0 Å². The number of ether oxygens (including phenoxy) is 2. The van der Waals surface area contributed by atoms with E-state index in [1.165, 1.54) is 0 Å². The van der Waals surface area contributed by atoms with Crippen LogP contribution in [0.5, 0.6) is 5.75 Å². The lowest BCUT2D eigenvalue weighted by molar-refractivity contribution is 0.0889. The number of rotatable bonds is 6. The van der Waals surface area contributed by atoms with Crippen molar-refractivity contribution < 1.29 is 9.47 Å². The van der Waals surface area contributed by atoms with Crippen molar-refractivity contribution in [3.8, 4) is 5.75 Å². The molecule has 100 valence electrons. The van der Waals surface area contributed by atoms with Gasteiger partial charge < -0.3 is 15.2 Å². The highest BCUT2D eigenvalue weighted by molar-refractivity contribution is 9.10. The topological polar surface area (TPSA) is 44.5 Å². The summed E-state index contributed by atoms with van der Waals surface area (Å²) in [5.74, 6) is 0.769. The van der Waals surface area contributed by atoms with Crippen LogP contribution in [-0.2, 0) is 11.3 Å². The van der Waals surface area contributed by atoms with Crippen LogP contribution in [0.2, 0.25) is 0 Å². The number of anilines is 1. The molecule has 0 unspecified atom stereocenters. The van der Waals surface area contributed by atoms with Gasteiger partial charge >= 0.3 is 0 Å². The lowest BCUT2D eigenvalue weighted by Gasteiger charge is -2.08. The molecule has 3 nitrogen and oxygen atoms in total. The Hall–Kier alpha value is -1.52. The molecule has 2 N–H and O–H groups in total. The molecule has 0 bridgehead atoms. The summed E-state index contributed by atoms with van der Waals surface area (Å²) in [4.78, 5) is 0. The molecule has 0 aliphatic heterocycles. The first-order chi connectivity index (χ1) is 9.24. The average molecular weight is 322 g/mol. The largest absolute Gasteiger partial charge is 0.491 e. The van der Waals surface area contributed by atoms with Crippen LogP contribution >= 0.6 is 15.9 Å². The number of hydrogen-bond donors (Lipinski definition) is 1. The summed E-state index contributed by atoms with van der Waals surface area (Å²) in [5.41, 5.74) is 7.50. The van der Waals surface area contributed by atoms with Gasteiger partial charge in [-0.15, -0.1) is 0 Å². The first-order valence-electron chi connectivity index (χ1n) is 6.04. The quantitative estimate of drug-likeness (QED) is 0.652. The van der Waals surface area contributed by atoms with Crippen LogP contribution in [0.15, 0.2) is 53.0 Å². The van der Waals surface area contributed by atoms with Crippen LogP contribution in [0.1, 0.15) is 5.56 Å². The maximum absolute atomic E-state index is 5.66. The van der Waals surface area contributed by atoms with E-state index in [9.17, 15) is 0 Å². The first-order valence-corrected chi connectivity index (χ1v) is 6.84. The van der Waals surface area contributed by atoms with Gasteiger partial charge in [0.2, 0.25) is 0 Å². The predicted molar refractivity (Wildman–Crippen MR) is 80.1 cm³/mol. The molecule has 2 aromatic carbocycles.